The molecule has 0 saturated carbocycles. The zero-order valence-electron chi connectivity index (χ0n) is 19.1. The Kier molecular flexibility index (Phi) is 7.50. The lowest BCUT2D eigenvalue weighted by Gasteiger charge is -2.24. The zero-order valence-corrected chi connectivity index (χ0v) is 19.9. The van der Waals surface area contributed by atoms with Gasteiger partial charge in [0.15, 0.2) is 0 Å². The molecule has 1 amide bonds. The van der Waals surface area contributed by atoms with E-state index >= 15 is 0 Å². The number of aryl methyl sites for hydroxylation is 2. The maximum absolute atomic E-state index is 13.4. The fraction of sp³-hybridized carbons (Fsp3) is 0.200. The van der Waals surface area contributed by atoms with Crippen molar-refractivity contribution in [3.63, 3.8) is 0 Å². The summed E-state index contributed by atoms with van der Waals surface area (Å²) in [6.45, 7) is 5.12. The quantitative estimate of drug-likeness (QED) is 0.402. The Labute approximate surface area is 194 Å². The summed E-state index contributed by atoms with van der Waals surface area (Å²) >= 11 is 0. The first-order valence-electron chi connectivity index (χ1n) is 10.3. The van der Waals surface area contributed by atoms with Gasteiger partial charge in [-0.05, 0) is 74.9 Å². The van der Waals surface area contributed by atoms with E-state index in [1.54, 1.807) is 62.6 Å². The number of anilines is 1. The van der Waals surface area contributed by atoms with Crippen LogP contribution in [0.2, 0.25) is 0 Å². The van der Waals surface area contributed by atoms with Gasteiger partial charge in [-0.3, -0.25) is 9.10 Å². The summed E-state index contributed by atoms with van der Waals surface area (Å²) < 4.78 is 33.0. The van der Waals surface area contributed by atoms with E-state index in [2.05, 4.69) is 10.5 Å². The van der Waals surface area contributed by atoms with Crippen LogP contribution in [-0.2, 0) is 14.8 Å². The van der Waals surface area contributed by atoms with E-state index in [4.69, 9.17) is 4.74 Å². The second-order valence-corrected chi connectivity index (χ2v) is 9.48. The Bertz CT molecular complexity index is 1230. The maximum Gasteiger partial charge on any atom is 0.264 e. The highest BCUT2D eigenvalue weighted by molar-refractivity contribution is 7.92. The van der Waals surface area contributed by atoms with Gasteiger partial charge in [0.05, 0.1) is 23.4 Å². The van der Waals surface area contributed by atoms with Gasteiger partial charge < -0.3 is 4.74 Å². The minimum Gasteiger partial charge on any atom is -0.497 e. The van der Waals surface area contributed by atoms with Gasteiger partial charge in [-0.1, -0.05) is 35.4 Å². The number of carbonyl (C=O) groups excluding carboxylic acids is 1. The molecule has 0 bridgehead atoms. The third-order valence-electron chi connectivity index (χ3n) is 5.07. The first-order valence-corrected chi connectivity index (χ1v) is 11.8. The number of carbonyl (C=O) groups is 1. The lowest BCUT2D eigenvalue weighted by molar-refractivity contribution is -0.119. The van der Waals surface area contributed by atoms with E-state index in [0.29, 0.717) is 17.1 Å². The van der Waals surface area contributed by atoms with Crippen molar-refractivity contribution >= 4 is 27.3 Å². The van der Waals surface area contributed by atoms with Crippen molar-refractivity contribution in [1.82, 2.24) is 5.43 Å². The molecular formula is C25H27N3O4S. The van der Waals surface area contributed by atoms with Crippen LogP contribution < -0.4 is 14.5 Å². The molecule has 0 aromatic heterocycles. The number of hydrazone groups is 1. The summed E-state index contributed by atoms with van der Waals surface area (Å²) in [6.07, 6.45) is 0. The van der Waals surface area contributed by atoms with Gasteiger partial charge in [-0.2, -0.15) is 5.10 Å². The topological polar surface area (TPSA) is 88.1 Å². The van der Waals surface area contributed by atoms with E-state index in [-0.39, 0.29) is 4.90 Å². The molecule has 3 aromatic carbocycles. The molecule has 3 aromatic rings. The van der Waals surface area contributed by atoms with Crippen LogP contribution in [0.15, 0.2) is 82.8 Å². The van der Waals surface area contributed by atoms with E-state index < -0.39 is 22.5 Å². The van der Waals surface area contributed by atoms with Crippen molar-refractivity contribution in [2.75, 3.05) is 18.0 Å². The first kappa shape index (κ1) is 24.0. The fourth-order valence-electron chi connectivity index (χ4n) is 3.07. The highest BCUT2D eigenvalue weighted by Gasteiger charge is 2.27. The van der Waals surface area contributed by atoms with Crippen LogP contribution >= 0.6 is 0 Å². The van der Waals surface area contributed by atoms with Crippen molar-refractivity contribution in [3.05, 3.63) is 89.5 Å². The number of nitrogens with one attached hydrogen (secondary N) is 1. The Morgan fingerprint density at radius 2 is 1.45 bits per heavy atom. The van der Waals surface area contributed by atoms with Gasteiger partial charge in [0, 0.05) is 0 Å². The van der Waals surface area contributed by atoms with Crippen molar-refractivity contribution in [2.24, 2.45) is 5.10 Å². The molecule has 0 fully saturated rings. The van der Waals surface area contributed by atoms with Crippen LogP contribution in [0.3, 0.4) is 0 Å². The summed E-state index contributed by atoms with van der Waals surface area (Å²) in [5.74, 6) is 0.157. The van der Waals surface area contributed by atoms with Crippen LogP contribution in [0, 0.1) is 13.8 Å². The number of ether oxygens (including phenoxy) is 1. The highest BCUT2D eigenvalue weighted by Crippen LogP contribution is 2.24. The predicted octanol–water partition coefficient (Wildman–Crippen LogP) is 4.05. The number of benzene rings is 3. The van der Waals surface area contributed by atoms with E-state index in [0.717, 1.165) is 21.0 Å². The molecule has 0 heterocycles. The van der Waals surface area contributed by atoms with Crippen molar-refractivity contribution in [1.29, 1.82) is 0 Å². The normalized spacial score (nSPS) is 11.7. The lowest BCUT2D eigenvalue weighted by atomic mass is 10.1. The summed E-state index contributed by atoms with van der Waals surface area (Å²) in [6, 6.07) is 20.7. The number of hydrogen-bond donors (Lipinski definition) is 1. The summed E-state index contributed by atoms with van der Waals surface area (Å²) in [4.78, 5) is 12.8. The third kappa shape index (κ3) is 5.98. The largest absolute Gasteiger partial charge is 0.497 e. The maximum atomic E-state index is 13.4. The molecule has 0 atom stereocenters. The van der Waals surface area contributed by atoms with Gasteiger partial charge in [0.1, 0.15) is 12.3 Å². The van der Waals surface area contributed by atoms with Crippen molar-refractivity contribution < 1.29 is 17.9 Å². The van der Waals surface area contributed by atoms with Crippen molar-refractivity contribution in [2.45, 2.75) is 25.7 Å². The Hall–Kier alpha value is -3.65. The Morgan fingerprint density at radius 3 is 2.00 bits per heavy atom. The molecule has 7 nitrogen and oxygen atoms in total. The summed E-state index contributed by atoms with van der Waals surface area (Å²) in [5, 5.41) is 4.13. The molecule has 33 heavy (non-hydrogen) atoms. The molecule has 1 N–H and O–H groups in total. The number of sulfonamides is 1. The predicted molar refractivity (Wildman–Crippen MR) is 130 cm³/mol. The minimum atomic E-state index is -3.97. The summed E-state index contributed by atoms with van der Waals surface area (Å²) in [7, 11) is -2.38. The standard InChI is InChI=1S/C25H27N3O4S/c1-18-5-11-22(12-6-18)28(33(30,31)24-15-7-19(2)8-16-24)17-25(29)27-26-20(3)21-9-13-23(32-4)14-10-21/h5-16H,17H2,1-4H3,(H,27,29)/b26-20-. The number of hydrogen-bond acceptors (Lipinski definition) is 5. The summed E-state index contributed by atoms with van der Waals surface area (Å²) in [5.41, 5.74) is 6.17. The molecule has 0 aliphatic carbocycles. The average molecular weight is 466 g/mol. The number of amides is 1. The molecule has 172 valence electrons. The molecule has 8 heteroatoms. The Morgan fingerprint density at radius 1 is 0.909 bits per heavy atom. The first-order chi connectivity index (χ1) is 15.7. The van der Waals surface area contributed by atoms with Crippen LogP contribution in [0.25, 0.3) is 0 Å². The van der Waals surface area contributed by atoms with Crippen LogP contribution in [0.5, 0.6) is 5.75 Å². The smallest absolute Gasteiger partial charge is 0.264 e. The lowest BCUT2D eigenvalue weighted by Crippen LogP contribution is -2.39. The molecule has 0 spiro atoms. The average Bonchev–Trinajstić information content (AvgIpc) is 2.82. The van der Waals surface area contributed by atoms with Gasteiger partial charge in [0.25, 0.3) is 15.9 Å². The van der Waals surface area contributed by atoms with Gasteiger partial charge in [-0.25, -0.2) is 13.8 Å². The molecular weight excluding hydrogens is 438 g/mol. The molecule has 0 radical (unpaired) electrons. The third-order valence-corrected chi connectivity index (χ3v) is 6.86. The fourth-order valence-corrected chi connectivity index (χ4v) is 4.49. The second kappa shape index (κ2) is 10.3. The van der Waals surface area contributed by atoms with Crippen LogP contribution in [-0.4, -0.2) is 33.7 Å². The van der Waals surface area contributed by atoms with Gasteiger partial charge in [0.2, 0.25) is 0 Å². The molecule has 0 aliphatic heterocycles. The molecule has 0 aliphatic rings. The number of rotatable bonds is 8. The molecule has 0 saturated heterocycles. The molecule has 3 rings (SSSR count). The second-order valence-electron chi connectivity index (χ2n) is 7.62. The van der Waals surface area contributed by atoms with Crippen LogP contribution in [0.4, 0.5) is 5.69 Å². The van der Waals surface area contributed by atoms with Gasteiger partial charge >= 0.3 is 0 Å². The van der Waals surface area contributed by atoms with E-state index in [9.17, 15) is 13.2 Å². The van der Waals surface area contributed by atoms with Crippen molar-refractivity contribution in [3.8, 4) is 5.75 Å². The minimum absolute atomic E-state index is 0.111. The monoisotopic (exact) mass is 465 g/mol. The zero-order chi connectivity index (χ0) is 24.0. The van der Waals surface area contributed by atoms with E-state index in [1.807, 2.05) is 26.0 Å². The molecule has 0 unspecified atom stereocenters. The highest BCUT2D eigenvalue weighted by atomic mass is 32.2. The van der Waals surface area contributed by atoms with Crippen LogP contribution in [0.1, 0.15) is 23.6 Å². The number of nitrogens with zero attached hydrogens (tertiary/aromatic N) is 2. The van der Waals surface area contributed by atoms with E-state index in [1.165, 1.54) is 12.1 Å². The SMILES string of the molecule is COc1ccc(/C(C)=N\NC(=O)CN(c2ccc(C)cc2)S(=O)(=O)c2ccc(C)cc2)cc1. The number of methoxy groups -OCH3 is 1. The van der Waals surface area contributed by atoms with Gasteiger partial charge in [-0.15, -0.1) is 0 Å². The Balaban J connectivity index is 1.84.